The van der Waals surface area contributed by atoms with Gasteiger partial charge in [0.15, 0.2) is 11.5 Å². The Labute approximate surface area is 154 Å². The van der Waals surface area contributed by atoms with Gasteiger partial charge in [-0.15, -0.1) is 0 Å². The predicted molar refractivity (Wildman–Crippen MR) is 99.7 cm³/mol. The summed E-state index contributed by atoms with van der Waals surface area (Å²) in [6.45, 7) is 3.96. The van der Waals surface area contributed by atoms with Gasteiger partial charge in [-0.3, -0.25) is 9.89 Å². The van der Waals surface area contributed by atoms with E-state index in [2.05, 4.69) is 15.5 Å². The molecule has 1 aliphatic rings. The molecule has 3 rings (SSSR count). The van der Waals surface area contributed by atoms with E-state index >= 15 is 0 Å². The van der Waals surface area contributed by atoms with Gasteiger partial charge in [-0.2, -0.15) is 5.10 Å². The molecule has 1 aromatic heterocycles. The fraction of sp³-hybridized carbons (Fsp3) is 0.500. The number of aromatic nitrogens is 2. The van der Waals surface area contributed by atoms with Crippen LogP contribution in [0.5, 0.6) is 11.5 Å². The van der Waals surface area contributed by atoms with Crippen LogP contribution < -0.4 is 14.8 Å². The molecule has 6 nitrogen and oxygen atoms in total. The van der Waals surface area contributed by atoms with E-state index in [9.17, 15) is 4.79 Å². The predicted octanol–water partition coefficient (Wildman–Crippen LogP) is 3.79. The Kier molecular flexibility index (Phi) is 5.81. The number of hydrogen-bond acceptors (Lipinski definition) is 4. The highest BCUT2D eigenvalue weighted by molar-refractivity contribution is 5.92. The topological polar surface area (TPSA) is 76.2 Å². The van der Waals surface area contributed by atoms with Crippen molar-refractivity contribution in [1.29, 1.82) is 0 Å². The minimum absolute atomic E-state index is 0.168. The molecule has 1 aliphatic carbocycles. The molecule has 2 N–H and O–H groups in total. The van der Waals surface area contributed by atoms with Crippen LogP contribution >= 0.6 is 0 Å². The molecule has 1 heterocycles. The van der Waals surface area contributed by atoms with Gasteiger partial charge in [0.1, 0.15) is 5.69 Å². The number of amides is 1. The van der Waals surface area contributed by atoms with Gasteiger partial charge in [-0.25, -0.2) is 0 Å². The van der Waals surface area contributed by atoms with Crippen LogP contribution in [-0.4, -0.2) is 29.3 Å². The number of carbonyl (C=O) groups is 1. The quantitative estimate of drug-likeness (QED) is 0.790. The Morgan fingerprint density at radius 1 is 1.31 bits per heavy atom. The Balaban J connectivity index is 1.68. The Hall–Kier alpha value is -2.50. The third kappa shape index (κ3) is 4.18. The van der Waals surface area contributed by atoms with Crippen LogP contribution in [0, 0.1) is 0 Å². The summed E-state index contributed by atoms with van der Waals surface area (Å²) in [6.07, 6.45) is 5.73. The number of carbonyl (C=O) groups excluding carboxylic acids is 1. The molecule has 1 unspecified atom stereocenters. The molecule has 2 aromatic rings. The van der Waals surface area contributed by atoms with E-state index in [1.165, 1.54) is 12.8 Å². The highest BCUT2D eigenvalue weighted by Gasteiger charge is 2.20. The first kappa shape index (κ1) is 18.3. The van der Waals surface area contributed by atoms with Crippen molar-refractivity contribution in [3.05, 3.63) is 41.2 Å². The van der Waals surface area contributed by atoms with E-state index in [1.807, 2.05) is 32.0 Å². The monoisotopic (exact) mass is 357 g/mol. The average molecular weight is 357 g/mol. The van der Waals surface area contributed by atoms with Gasteiger partial charge in [0.05, 0.1) is 19.3 Å². The molecule has 0 saturated heterocycles. The molecular formula is C20H27N3O3. The largest absolute Gasteiger partial charge is 0.493 e. The number of hydrogen-bond donors (Lipinski definition) is 2. The van der Waals surface area contributed by atoms with Crippen LogP contribution in [0.1, 0.15) is 67.3 Å². The first-order valence-corrected chi connectivity index (χ1v) is 9.30. The van der Waals surface area contributed by atoms with Crippen molar-refractivity contribution >= 4 is 5.91 Å². The Morgan fingerprint density at radius 2 is 2.08 bits per heavy atom. The SMILES string of the molecule is CCc1cc(C(=O)NC(C)c2ccc(OC3CCCC3)c(OC)c2)n[nH]1. The van der Waals surface area contributed by atoms with Gasteiger partial charge >= 0.3 is 0 Å². The number of aromatic amines is 1. The van der Waals surface area contributed by atoms with E-state index in [1.54, 1.807) is 13.2 Å². The fourth-order valence-corrected chi connectivity index (χ4v) is 3.25. The molecule has 1 fully saturated rings. The van der Waals surface area contributed by atoms with Crippen LogP contribution in [0.25, 0.3) is 0 Å². The zero-order chi connectivity index (χ0) is 18.5. The number of nitrogens with one attached hydrogen (secondary N) is 2. The highest BCUT2D eigenvalue weighted by Crippen LogP contribution is 2.33. The molecule has 0 aliphatic heterocycles. The molecule has 0 bridgehead atoms. The van der Waals surface area contributed by atoms with Crippen molar-refractivity contribution in [2.45, 2.75) is 58.1 Å². The van der Waals surface area contributed by atoms with E-state index in [0.29, 0.717) is 11.4 Å². The number of benzene rings is 1. The average Bonchev–Trinajstić information content (AvgIpc) is 3.33. The second-order valence-electron chi connectivity index (χ2n) is 6.76. The summed E-state index contributed by atoms with van der Waals surface area (Å²) in [5, 5.41) is 9.90. The van der Waals surface area contributed by atoms with Crippen LogP contribution in [0.4, 0.5) is 0 Å². The summed E-state index contributed by atoms with van der Waals surface area (Å²) in [4.78, 5) is 12.4. The van der Waals surface area contributed by atoms with Crippen molar-refractivity contribution < 1.29 is 14.3 Å². The van der Waals surface area contributed by atoms with Crippen molar-refractivity contribution in [3.63, 3.8) is 0 Å². The van der Waals surface area contributed by atoms with Gasteiger partial charge in [-0.1, -0.05) is 13.0 Å². The maximum absolute atomic E-state index is 12.4. The van der Waals surface area contributed by atoms with Gasteiger partial charge < -0.3 is 14.8 Å². The number of nitrogens with zero attached hydrogens (tertiary/aromatic N) is 1. The van der Waals surface area contributed by atoms with Crippen LogP contribution in [0.3, 0.4) is 0 Å². The Morgan fingerprint density at radius 3 is 2.73 bits per heavy atom. The second kappa shape index (κ2) is 8.25. The van der Waals surface area contributed by atoms with Gasteiger partial charge in [0.2, 0.25) is 0 Å². The number of ether oxygens (including phenoxy) is 2. The molecule has 26 heavy (non-hydrogen) atoms. The van der Waals surface area contributed by atoms with E-state index in [-0.39, 0.29) is 18.1 Å². The van der Waals surface area contributed by atoms with Crippen LogP contribution in [0.2, 0.25) is 0 Å². The number of methoxy groups -OCH3 is 1. The molecular weight excluding hydrogens is 330 g/mol. The molecule has 6 heteroatoms. The van der Waals surface area contributed by atoms with E-state index in [0.717, 1.165) is 36.3 Å². The summed E-state index contributed by atoms with van der Waals surface area (Å²) in [5.74, 6) is 1.27. The van der Waals surface area contributed by atoms with Crippen molar-refractivity contribution in [1.82, 2.24) is 15.5 Å². The molecule has 1 saturated carbocycles. The third-order valence-corrected chi connectivity index (χ3v) is 4.88. The summed E-state index contributed by atoms with van der Waals surface area (Å²) in [5.41, 5.74) is 2.31. The van der Waals surface area contributed by atoms with Crippen molar-refractivity contribution in [2.75, 3.05) is 7.11 Å². The smallest absolute Gasteiger partial charge is 0.272 e. The maximum Gasteiger partial charge on any atom is 0.272 e. The van der Waals surface area contributed by atoms with Gasteiger partial charge in [-0.05, 0) is 62.8 Å². The van der Waals surface area contributed by atoms with Crippen LogP contribution in [0.15, 0.2) is 24.3 Å². The highest BCUT2D eigenvalue weighted by atomic mass is 16.5. The summed E-state index contributed by atoms with van der Waals surface area (Å²) >= 11 is 0. The molecule has 1 aromatic carbocycles. The number of aryl methyl sites for hydroxylation is 1. The minimum Gasteiger partial charge on any atom is -0.493 e. The lowest BCUT2D eigenvalue weighted by Crippen LogP contribution is -2.27. The zero-order valence-electron chi connectivity index (χ0n) is 15.7. The maximum atomic E-state index is 12.4. The first-order chi connectivity index (χ1) is 12.6. The lowest BCUT2D eigenvalue weighted by Gasteiger charge is -2.19. The van der Waals surface area contributed by atoms with Gasteiger partial charge in [0.25, 0.3) is 5.91 Å². The lowest BCUT2D eigenvalue weighted by molar-refractivity contribution is 0.0934. The third-order valence-electron chi connectivity index (χ3n) is 4.88. The molecule has 140 valence electrons. The minimum atomic E-state index is -0.196. The van der Waals surface area contributed by atoms with Gasteiger partial charge in [0, 0.05) is 5.69 Å². The summed E-state index contributed by atoms with van der Waals surface area (Å²) in [7, 11) is 1.64. The normalized spacial score (nSPS) is 15.7. The second-order valence-corrected chi connectivity index (χ2v) is 6.76. The fourth-order valence-electron chi connectivity index (χ4n) is 3.25. The number of H-pyrrole nitrogens is 1. The standard InChI is InChI=1S/C20H27N3O3/c1-4-15-12-17(23-22-15)20(24)21-13(2)14-9-10-18(19(11-14)25-3)26-16-7-5-6-8-16/h9-13,16H,4-8H2,1-3H3,(H,21,24)(H,22,23). The number of rotatable bonds is 7. The molecule has 1 atom stereocenters. The molecule has 0 radical (unpaired) electrons. The summed E-state index contributed by atoms with van der Waals surface area (Å²) in [6, 6.07) is 7.44. The van der Waals surface area contributed by atoms with Crippen LogP contribution in [-0.2, 0) is 6.42 Å². The lowest BCUT2D eigenvalue weighted by atomic mass is 10.1. The molecule has 0 spiro atoms. The van der Waals surface area contributed by atoms with E-state index < -0.39 is 0 Å². The Bertz CT molecular complexity index is 751. The van der Waals surface area contributed by atoms with E-state index in [4.69, 9.17) is 9.47 Å². The zero-order valence-corrected chi connectivity index (χ0v) is 15.7. The summed E-state index contributed by atoms with van der Waals surface area (Å²) < 4.78 is 11.6. The van der Waals surface area contributed by atoms with Crippen molar-refractivity contribution in [2.24, 2.45) is 0 Å². The van der Waals surface area contributed by atoms with Crippen molar-refractivity contribution in [3.8, 4) is 11.5 Å². The molecule has 1 amide bonds. The first-order valence-electron chi connectivity index (χ1n) is 9.30.